The highest BCUT2D eigenvalue weighted by Crippen LogP contribution is 2.19. The summed E-state index contributed by atoms with van der Waals surface area (Å²) in [6, 6.07) is 11.0. The molecule has 2 unspecified atom stereocenters. The van der Waals surface area contributed by atoms with E-state index < -0.39 is 0 Å². The second kappa shape index (κ2) is 9.39. The van der Waals surface area contributed by atoms with Crippen LogP contribution in [-0.4, -0.2) is 49.2 Å². The highest BCUT2D eigenvalue weighted by molar-refractivity contribution is 9.10. The molecule has 146 valence electrons. The number of rotatable bonds is 7. The summed E-state index contributed by atoms with van der Waals surface area (Å²) in [4.78, 5) is 14.6. The molecule has 0 radical (unpaired) electrons. The molecule has 2 aromatic rings. The molecule has 1 amide bonds. The summed E-state index contributed by atoms with van der Waals surface area (Å²) in [6.45, 7) is 7.55. The van der Waals surface area contributed by atoms with Gasteiger partial charge in [-0.15, -0.1) is 0 Å². The average Bonchev–Trinajstić information content (AvgIpc) is 3.08. The molecule has 0 bridgehead atoms. The second-order valence-corrected chi connectivity index (χ2v) is 7.70. The number of carbonyl (C=O) groups is 1. The Hall–Kier alpha value is -1.83. The summed E-state index contributed by atoms with van der Waals surface area (Å²) in [5, 5.41) is 2.91. The lowest BCUT2D eigenvalue weighted by atomic mass is 10.2. The van der Waals surface area contributed by atoms with Gasteiger partial charge < -0.3 is 19.2 Å². The first-order valence-corrected chi connectivity index (χ1v) is 9.92. The van der Waals surface area contributed by atoms with Crippen LogP contribution in [0.4, 0.5) is 0 Å². The zero-order valence-electron chi connectivity index (χ0n) is 15.6. The Kier molecular flexibility index (Phi) is 6.93. The number of amides is 1. The minimum absolute atomic E-state index is 0.210. The van der Waals surface area contributed by atoms with Gasteiger partial charge in [-0.1, -0.05) is 22.0 Å². The Morgan fingerprint density at radius 2 is 2.04 bits per heavy atom. The minimum Gasteiger partial charge on any atom is -0.486 e. The van der Waals surface area contributed by atoms with Crippen LogP contribution in [0.5, 0.6) is 5.75 Å². The topological polar surface area (TPSA) is 63.9 Å². The lowest BCUT2D eigenvalue weighted by Crippen LogP contribution is -2.47. The van der Waals surface area contributed by atoms with Crippen LogP contribution in [0.2, 0.25) is 0 Å². The molecule has 1 saturated heterocycles. The Labute approximate surface area is 167 Å². The van der Waals surface area contributed by atoms with Crippen LogP contribution in [0, 0.1) is 0 Å². The minimum atomic E-state index is -0.210. The molecule has 0 saturated carbocycles. The van der Waals surface area contributed by atoms with Crippen molar-refractivity contribution in [2.24, 2.45) is 0 Å². The quantitative estimate of drug-likeness (QED) is 0.719. The van der Waals surface area contributed by atoms with Crippen LogP contribution in [0.25, 0.3) is 0 Å². The molecular weight excluding hydrogens is 412 g/mol. The summed E-state index contributed by atoms with van der Waals surface area (Å²) < 4.78 is 17.9. The van der Waals surface area contributed by atoms with Crippen LogP contribution in [0.15, 0.2) is 45.3 Å². The molecule has 27 heavy (non-hydrogen) atoms. The highest BCUT2D eigenvalue weighted by atomic mass is 79.9. The van der Waals surface area contributed by atoms with Gasteiger partial charge in [-0.2, -0.15) is 0 Å². The molecular formula is C20H25BrN2O4. The van der Waals surface area contributed by atoms with Crippen LogP contribution in [0.3, 0.4) is 0 Å². The van der Waals surface area contributed by atoms with Crippen LogP contribution < -0.4 is 10.1 Å². The van der Waals surface area contributed by atoms with E-state index in [9.17, 15) is 4.79 Å². The van der Waals surface area contributed by atoms with E-state index in [-0.39, 0.29) is 24.7 Å². The van der Waals surface area contributed by atoms with Crippen molar-refractivity contribution in [2.45, 2.75) is 32.7 Å². The molecule has 1 aliphatic heterocycles. The first-order chi connectivity index (χ1) is 13.0. The number of hydrogen-bond acceptors (Lipinski definition) is 5. The monoisotopic (exact) mass is 436 g/mol. The predicted molar refractivity (Wildman–Crippen MR) is 106 cm³/mol. The summed E-state index contributed by atoms with van der Waals surface area (Å²) in [6.07, 6.45) is 0.449. The molecule has 6 nitrogen and oxygen atoms in total. The van der Waals surface area contributed by atoms with Crippen LogP contribution >= 0.6 is 15.9 Å². The van der Waals surface area contributed by atoms with E-state index in [1.54, 1.807) is 12.1 Å². The first-order valence-electron chi connectivity index (χ1n) is 9.12. The van der Waals surface area contributed by atoms with Crippen molar-refractivity contribution >= 4 is 21.8 Å². The number of halogens is 1. The fourth-order valence-corrected chi connectivity index (χ4v) is 3.55. The molecule has 0 spiro atoms. The van der Waals surface area contributed by atoms with Crippen molar-refractivity contribution < 1.29 is 18.7 Å². The largest absolute Gasteiger partial charge is 0.486 e. The molecule has 2 heterocycles. The van der Waals surface area contributed by atoms with E-state index in [0.717, 1.165) is 29.9 Å². The van der Waals surface area contributed by atoms with Crippen molar-refractivity contribution in [1.29, 1.82) is 0 Å². The predicted octanol–water partition coefficient (Wildman–Crippen LogP) is 3.46. The molecule has 7 heteroatoms. The van der Waals surface area contributed by atoms with Gasteiger partial charge in [0.05, 0.1) is 12.2 Å². The SMILES string of the molecule is CC1CN(CCNC(=O)c2ccc(COc3cccc(Br)c3)o2)CC(C)O1. The van der Waals surface area contributed by atoms with Gasteiger partial charge in [0, 0.05) is 30.7 Å². The van der Waals surface area contributed by atoms with Gasteiger partial charge in [-0.25, -0.2) is 0 Å². The summed E-state index contributed by atoms with van der Waals surface area (Å²) in [7, 11) is 0. The maximum Gasteiger partial charge on any atom is 0.287 e. The highest BCUT2D eigenvalue weighted by Gasteiger charge is 2.22. The van der Waals surface area contributed by atoms with Crippen molar-refractivity contribution in [1.82, 2.24) is 10.2 Å². The first kappa shape index (κ1) is 19.9. The van der Waals surface area contributed by atoms with E-state index >= 15 is 0 Å². The number of ether oxygens (including phenoxy) is 2. The number of hydrogen-bond donors (Lipinski definition) is 1. The number of carbonyl (C=O) groups excluding carboxylic acids is 1. The van der Waals surface area contributed by atoms with Gasteiger partial charge in [-0.3, -0.25) is 9.69 Å². The van der Waals surface area contributed by atoms with E-state index in [4.69, 9.17) is 13.9 Å². The van der Waals surface area contributed by atoms with Crippen molar-refractivity contribution in [2.75, 3.05) is 26.2 Å². The third-order valence-corrected chi connectivity index (χ3v) is 4.76. The summed E-state index contributed by atoms with van der Waals surface area (Å²) >= 11 is 3.40. The molecule has 3 rings (SSSR count). The zero-order valence-corrected chi connectivity index (χ0v) is 17.2. The van der Waals surface area contributed by atoms with Gasteiger partial charge >= 0.3 is 0 Å². The van der Waals surface area contributed by atoms with Gasteiger partial charge in [0.1, 0.15) is 18.1 Å². The van der Waals surface area contributed by atoms with Gasteiger partial charge in [0.2, 0.25) is 0 Å². The number of nitrogens with one attached hydrogen (secondary N) is 1. The molecule has 1 aliphatic rings. The normalized spacial score (nSPS) is 20.4. The maximum atomic E-state index is 12.3. The molecule has 1 aromatic carbocycles. The van der Waals surface area contributed by atoms with Gasteiger partial charge in [0.25, 0.3) is 5.91 Å². The molecule has 1 fully saturated rings. The average molecular weight is 437 g/mol. The molecule has 1 aromatic heterocycles. The lowest BCUT2D eigenvalue weighted by Gasteiger charge is -2.35. The Morgan fingerprint density at radius 3 is 2.78 bits per heavy atom. The fourth-order valence-electron chi connectivity index (χ4n) is 3.17. The third kappa shape index (κ3) is 6.09. The standard InChI is InChI=1S/C20H25BrN2O4/c1-14-11-23(12-15(2)26-14)9-8-22-20(24)19-7-6-18(27-19)13-25-17-5-3-4-16(21)10-17/h3-7,10,14-15H,8-9,11-13H2,1-2H3,(H,22,24). The summed E-state index contributed by atoms with van der Waals surface area (Å²) in [5.41, 5.74) is 0. The number of benzene rings is 1. The van der Waals surface area contributed by atoms with Crippen LogP contribution in [0.1, 0.15) is 30.2 Å². The van der Waals surface area contributed by atoms with E-state index in [1.807, 2.05) is 24.3 Å². The molecule has 1 N–H and O–H groups in total. The Bertz CT molecular complexity index is 754. The molecule has 2 atom stereocenters. The van der Waals surface area contributed by atoms with Crippen molar-refractivity contribution in [3.8, 4) is 5.75 Å². The molecule has 0 aliphatic carbocycles. The van der Waals surface area contributed by atoms with Gasteiger partial charge in [0.15, 0.2) is 5.76 Å². The number of furan rings is 1. The van der Waals surface area contributed by atoms with E-state index in [1.165, 1.54) is 0 Å². The van der Waals surface area contributed by atoms with Crippen molar-refractivity contribution in [3.05, 3.63) is 52.4 Å². The third-order valence-electron chi connectivity index (χ3n) is 4.27. The smallest absolute Gasteiger partial charge is 0.287 e. The Morgan fingerprint density at radius 1 is 1.26 bits per heavy atom. The Balaban J connectivity index is 1.43. The second-order valence-electron chi connectivity index (χ2n) is 6.78. The summed E-state index contributed by atoms with van der Waals surface area (Å²) in [5.74, 6) is 1.43. The van der Waals surface area contributed by atoms with Crippen molar-refractivity contribution in [3.63, 3.8) is 0 Å². The van der Waals surface area contributed by atoms with Crippen LogP contribution in [-0.2, 0) is 11.3 Å². The van der Waals surface area contributed by atoms with E-state index in [2.05, 4.69) is 40.0 Å². The number of nitrogens with zero attached hydrogens (tertiary/aromatic N) is 1. The maximum absolute atomic E-state index is 12.3. The van der Waals surface area contributed by atoms with E-state index in [0.29, 0.717) is 18.1 Å². The lowest BCUT2D eigenvalue weighted by molar-refractivity contribution is -0.0672. The van der Waals surface area contributed by atoms with Gasteiger partial charge in [-0.05, 0) is 44.2 Å². The zero-order chi connectivity index (χ0) is 19.2. The fraction of sp³-hybridized carbons (Fsp3) is 0.450. The number of morpholine rings is 1.